The van der Waals surface area contributed by atoms with Gasteiger partial charge in [0.1, 0.15) is 0 Å². The zero-order chi connectivity index (χ0) is 22.4. The number of rotatable bonds is 8. The molecule has 3 amide bonds. The minimum atomic E-state index is -0.956. The van der Waals surface area contributed by atoms with E-state index in [0.29, 0.717) is 12.2 Å². The summed E-state index contributed by atoms with van der Waals surface area (Å²) in [6.07, 6.45) is 0.297. The Labute approximate surface area is 181 Å². The van der Waals surface area contributed by atoms with Gasteiger partial charge in [-0.15, -0.1) is 0 Å². The summed E-state index contributed by atoms with van der Waals surface area (Å²) in [6.45, 7) is 4.03. The molecule has 0 radical (unpaired) electrons. The average molecular weight is 422 g/mol. The van der Waals surface area contributed by atoms with Crippen molar-refractivity contribution in [2.75, 3.05) is 11.4 Å². The Balaban J connectivity index is 1.54. The molecule has 31 heavy (non-hydrogen) atoms. The zero-order valence-electron chi connectivity index (χ0n) is 17.7. The van der Waals surface area contributed by atoms with Gasteiger partial charge in [0.25, 0.3) is 5.91 Å². The Kier molecular flexibility index (Phi) is 7.18. The fraction of sp³-hybridized carbons (Fsp3) is 0.333. The van der Waals surface area contributed by atoms with Gasteiger partial charge in [0.2, 0.25) is 11.8 Å². The van der Waals surface area contributed by atoms with E-state index in [1.54, 1.807) is 0 Å². The Hall–Kier alpha value is -3.48. The van der Waals surface area contributed by atoms with E-state index in [0.717, 1.165) is 16.9 Å². The van der Waals surface area contributed by atoms with Crippen molar-refractivity contribution in [1.29, 1.82) is 0 Å². The summed E-state index contributed by atoms with van der Waals surface area (Å²) in [6, 6.07) is 15.9. The van der Waals surface area contributed by atoms with Crippen LogP contribution in [0.25, 0.3) is 0 Å². The van der Waals surface area contributed by atoms with Crippen molar-refractivity contribution in [2.24, 2.45) is 0 Å². The molecular weight excluding hydrogens is 396 g/mol. The highest BCUT2D eigenvalue weighted by Gasteiger charge is 2.30. The van der Waals surface area contributed by atoms with E-state index < -0.39 is 12.1 Å². The van der Waals surface area contributed by atoms with Gasteiger partial charge in [-0.3, -0.25) is 19.3 Å². The number of nitrogens with one attached hydrogen (secondary N) is 1. The number of carbonyl (C=O) groups is 4. The van der Waals surface area contributed by atoms with Gasteiger partial charge in [-0.25, -0.2) is 4.79 Å². The molecule has 1 heterocycles. The zero-order valence-corrected chi connectivity index (χ0v) is 17.7. The Morgan fingerprint density at radius 2 is 1.61 bits per heavy atom. The van der Waals surface area contributed by atoms with Gasteiger partial charge < -0.3 is 10.1 Å². The molecule has 0 aliphatic carbocycles. The number of hydrogen-bond donors (Lipinski definition) is 1. The van der Waals surface area contributed by atoms with Crippen LogP contribution >= 0.6 is 0 Å². The monoisotopic (exact) mass is 422 g/mol. The smallest absolute Gasteiger partial charge is 0.338 e. The number of hydrogen-bond acceptors (Lipinski definition) is 5. The molecular formula is C24H26N2O5. The molecule has 0 saturated carbocycles. The van der Waals surface area contributed by atoms with Gasteiger partial charge in [0.15, 0.2) is 6.10 Å². The molecule has 7 heteroatoms. The van der Waals surface area contributed by atoms with Gasteiger partial charge in [0, 0.05) is 25.3 Å². The van der Waals surface area contributed by atoms with Gasteiger partial charge in [-0.05, 0) is 43.2 Å². The molecule has 1 aliphatic rings. The molecule has 2 atom stereocenters. The maximum Gasteiger partial charge on any atom is 0.338 e. The third-order valence-electron chi connectivity index (χ3n) is 5.35. The van der Waals surface area contributed by atoms with Crippen molar-refractivity contribution < 1.29 is 23.9 Å². The quantitative estimate of drug-likeness (QED) is 0.521. The lowest BCUT2D eigenvalue weighted by atomic mass is 9.96. The minimum Gasteiger partial charge on any atom is -0.449 e. The fourth-order valence-corrected chi connectivity index (χ4v) is 3.48. The van der Waals surface area contributed by atoms with Crippen LogP contribution in [0.3, 0.4) is 0 Å². The van der Waals surface area contributed by atoms with Crippen molar-refractivity contribution in [3.05, 3.63) is 65.7 Å². The van der Waals surface area contributed by atoms with E-state index in [4.69, 9.17) is 4.74 Å². The largest absolute Gasteiger partial charge is 0.449 e. The van der Waals surface area contributed by atoms with Crippen LogP contribution in [0.2, 0.25) is 0 Å². The molecule has 1 fully saturated rings. The number of ether oxygens (including phenoxy) is 1. The molecule has 162 valence electrons. The first-order chi connectivity index (χ1) is 14.9. The standard InChI is InChI=1S/C24H26N2O5/c1-3-17(18-7-5-4-6-8-18)15-25-23(29)16(2)31-24(30)19-9-11-20(12-10-19)26-21(27)13-14-22(26)28/h4-12,16-17H,3,13-15H2,1-2H3,(H,25,29)/t16-,17-/m0/s1. The lowest BCUT2D eigenvalue weighted by Crippen LogP contribution is -2.38. The Morgan fingerprint density at radius 1 is 1.00 bits per heavy atom. The van der Waals surface area contributed by atoms with Gasteiger partial charge in [-0.2, -0.15) is 0 Å². The van der Waals surface area contributed by atoms with Crippen molar-refractivity contribution in [3.63, 3.8) is 0 Å². The van der Waals surface area contributed by atoms with Crippen LogP contribution < -0.4 is 10.2 Å². The molecule has 3 rings (SSSR count). The number of imide groups is 1. The van der Waals surface area contributed by atoms with E-state index in [1.807, 2.05) is 30.3 Å². The number of nitrogens with zero attached hydrogens (tertiary/aromatic N) is 1. The molecule has 1 saturated heterocycles. The van der Waals surface area contributed by atoms with Crippen molar-refractivity contribution in [2.45, 2.75) is 45.1 Å². The summed E-state index contributed by atoms with van der Waals surface area (Å²) in [5.41, 5.74) is 1.80. The SMILES string of the molecule is CC[C@@H](CNC(=O)[C@H](C)OC(=O)c1ccc(N2C(=O)CCC2=O)cc1)c1ccccc1. The molecule has 1 N–H and O–H groups in total. The molecule has 2 aromatic carbocycles. The molecule has 0 unspecified atom stereocenters. The minimum absolute atomic E-state index is 0.177. The van der Waals surface area contributed by atoms with Crippen LogP contribution in [0.4, 0.5) is 5.69 Å². The molecule has 1 aliphatic heterocycles. The second-order valence-corrected chi connectivity index (χ2v) is 7.48. The first-order valence-electron chi connectivity index (χ1n) is 10.4. The summed E-state index contributed by atoms with van der Waals surface area (Å²) in [5.74, 6) is -1.36. The van der Waals surface area contributed by atoms with E-state index in [1.165, 1.54) is 31.2 Å². The molecule has 7 nitrogen and oxygen atoms in total. The predicted octanol–water partition coefficient (Wildman–Crippen LogP) is 3.20. The van der Waals surface area contributed by atoms with E-state index in [-0.39, 0.29) is 42.0 Å². The summed E-state index contributed by atoms with van der Waals surface area (Å²) in [4.78, 5) is 49.5. The summed E-state index contributed by atoms with van der Waals surface area (Å²) >= 11 is 0. The average Bonchev–Trinajstić information content (AvgIpc) is 3.12. The van der Waals surface area contributed by atoms with Crippen molar-refractivity contribution in [1.82, 2.24) is 5.32 Å². The van der Waals surface area contributed by atoms with Crippen molar-refractivity contribution in [3.8, 4) is 0 Å². The third-order valence-corrected chi connectivity index (χ3v) is 5.35. The van der Waals surface area contributed by atoms with Gasteiger partial charge in [0.05, 0.1) is 11.3 Å². The molecule has 2 aromatic rings. The second kappa shape index (κ2) is 10.0. The van der Waals surface area contributed by atoms with Crippen LogP contribution in [0, 0.1) is 0 Å². The first-order valence-corrected chi connectivity index (χ1v) is 10.4. The highest BCUT2D eigenvalue weighted by Crippen LogP contribution is 2.23. The molecule has 0 bridgehead atoms. The number of benzene rings is 2. The third kappa shape index (κ3) is 5.36. The van der Waals surface area contributed by atoms with E-state index >= 15 is 0 Å². The number of anilines is 1. The van der Waals surface area contributed by atoms with Crippen molar-refractivity contribution >= 4 is 29.4 Å². The van der Waals surface area contributed by atoms with E-state index in [2.05, 4.69) is 12.2 Å². The van der Waals surface area contributed by atoms with E-state index in [9.17, 15) is 19.2 Å². The van der Waals surface area contributed by atoms with Crippen LogP contribution in [-0.2, 0) is 19.1 Å². The van der Waals surface area contributed by atoms with Gasteiger partial charge in [-0.1, -0.05) is 37.3 Å². The van der Waals surface area contributed by atoms with Crippen LogP contribution in [0.15, 0.2) is 54.6 Å². The number of carbonyl (C=O) groups excluding carboxylic acids is 4. The summed E-state index contributed by atoms with van der Waals surface area (Å²) in [7, 11) is 0. The lowest BCUT2D eigenvalue weighted by Gasteiger charge is -2.19. The Bertz CT molecular complexity index is 940. The van der Waals surface area contributed by atoms with Crippen LogP contribution in [-0.4, -0.2) is 36.3 Å². The lowest BCUT2D eigenvalue weighted by molar-refractivity contribution is -0.129. The normalized spacial score (nSPS) is 15.5. The topological polar surface area (TPSA) is 92.8 Å². The first kappa shape index (κ1) is 22.2. The van der Waals surface area contributed by atoms with Crippen LogP contribution in [0.1, 0.15) is 54.9 Å². The maximum absolute atomic E-state index is 12.4. The highest BCUT2D eigenvalue weighted by atomic mass is 16.5. The number of amides is 3. The predicted molar refractivity (Wildman–Crippen MR) is 116 cm³/mol. The van der Waals surface area contributed by atoms with Gasteiger partial charge >= 0.3 is 5.97 Å². The molecule has 0 aromatic heterocycles. The maximum atomic E-state index is 12.4. The second-order valence-electron chi connectivity index (χ2n) is 7.48. The van der Waals surface area contributed by atoms with Crippen LogP contribution in [0.5, 0.6) is 0 Å². The highest BCUT2D eigenvalue weighted by molar-refractivity contribution is 6.19. The summed E-state index contributed by atoms with van der Waals surface area (Å²) in [5, 5.41) is 2.85. The molecule has 0 spiro atoms. The number of esters is 1. The Morgan fingerprint density at radius 3 is 2.19 bits per heavy atom. The summed E-state index contributed by atoms with van der Waals surface area (Å²) < 4.78 is 5.28. The fourth-order valence-electron chi connectivity index (χ4n) is 3.48.